The van der Waals surface area contributed by atoms with Gasteiger partial charge in [-0.2, -0.15) is 0 Å². The first-order chi connectivity index (χ1) is 8.99. The van der Waals surface area contributed by atoms with Crippen molar-refractivity contribution in [2.24, 2.45) is 0 Å². The van der Waals surface area contributed by atoms with E-state index in [4.69, 9.17) is 4.74 Å². The number of likely N-dealkylation sites (N-methyl/N-ethyl adjacent to an activating group) is 1. The summed E-state index contributed by atoms with van der Waals surface area (Å²) in [6, 6.07) is 0. The average molecular weight is 272 g/mol. The fourth-order valence-corrected chi connectivity index (χ4v) is 2.97. The van der Waals surface area contributed by atoms with E-state index in [1.165, 1.54) is 6.42 Å². The second-order valence-electron chi connectivity index (χ2n) is 6.22. The van der Waals surface area contributed by atoms with Crippen LogP contribution in [0.3, 0.4) is 0 Å². The van der Waals surface area contributed by atoms with E-state index >= 15 is 0 Å². The van der Waals surface area contributed by atoms with Crippen LogP contribution in [-0.2, 0) is 4.74 Å². The van der Waals surface area contributed by atoms with Gasteiger partial charge in [-0.25, -0.2) is 0 Å². The molecule has 0 bridgehead atoms. The molecule has 1 fully saturated rings. The number of unbranched alkanes of at least 4 members (excludes halogenated alkanes) is 1. The SMILES string of the molecule is CCNC(C)(CO)CCCCN1CC(C)OC(C)C1. The Morgan fingerprint density at radius 1 is 1.26 bits per heavy atom. The van der Waals surface area contributed by atoms with E-state index in [9.17, 15) is 5.11 Å². The second kappa shape index (κ2) is 8.20. The zero-order valence-corrected chi connectivity index (χ0v) is 13.1. The lowest BCUT2D eigenvalue weighted by atomic mass is 9.95. The summed E-state index contributed by atoms with van der Waals surface area (Å²) in [6.07, 6.45) is 4.10. The number of aliphatic hydroxyl groups is 1. The monoisotopic (exact) mass is 272 g/mol. The number of rotatable bonds is 8. The summed E-state index contributed by atoms with van der Waals surface area (Å²) < 4.78 is 5.74. The number of hydrogen-bond donors (Lipinski definition) is 2. The van der Waals surface area contributed by atoms with Crippen molar-refractivity contribution >= 4 is 0 Å². The summed E-state index contributed by atoms with van der Waals surface area (Å²) in [5.41, 5.74) is -0.111. The van der Waals surface area contributed by atoms with E-state index in [2.05, 4.69) is 37.9 Å². The second-order valence-corrected chi connectivity index (χ2v) is 6.22. The molecule has 1 aliphatic heterocycles. The van der Waals surface area contributed by atoms with Gasteiger partial charge in [0.05, 0.1) is 18.8 Å². The van der Waals surface area contributed by atoms with Crippen molar-refractivity contribution in [3.63, 3.8) is 0 Å². The molecular formula is C15H32N2O2. The third kappa shape index (κ3) is 6.21. The minimum Gasteiger partial charge on any atom is -0.394 e. The summed E-state index contributed by atoms with van der Waals surface area (Å²) in [4.78, 5) is 2.50. The highest BCUT2D eigenvalue weighted by Gasteiger charge is 2.23. The van der Waals surface area contributed by atoms with Gasteiger partial charge in [-0.05, 0) is 46.7 Å². The molecule has 1 heterocycles. The van der Waals surface area contributed by atoms with Crippen LogP contribution in [0.1, 0.15) is 47.0 Å². The third-order valence-corrected chi connectivity index (χ3v) is 3.90. The van der Waals surface area contributed by atoms with Crippen LogP contribution in [0.25, 0.3) is 0 Å². The largest absolute Gasteiger partial charge is 0.394 e. The van der Waals surface area contributed by atoms with Crippen molar-refractivity contribution in [3.05, 3.63) is 0 Å². The summed E-state index contributed by atoms with van der Waals surface area (Å²) in [7, 11) is 0. The Morgan fingerprint density at radius 3 is 2.42 bits per heavy atom. The van der Waals surface area contributed by atoms with Gasteiger partial charge >= 0.3 is 0 Å². The van der Waals surface area contributed by atoms with Gasteiger partial charge in [0.15, 0.2) is 0 Å². The minimum absolute atomic E-state index is 0.111. The minimum atomic E-state index is -0.111. The molecule has 1 aliphatic rings. The fraction of sp³-hybridized carbons (Fsp3) is 1.00. The van der Waals surface area contributed by atoms with E-state index in [1.807, 2.05) is 0 Å². The summed E-state index contributed by atoms with van der Waals surface area (Å²) in [5, 5.41) is 12.8. The molecule has 0 radical (unpaired) electrons. The Hall–Kier alpha value is -0.160. The lowest BCUT2D eigenvalue weighted by Crippen LogP contribution is -2.46. The molecule has 0 aromatic rings. The van der Waals surface area contributed by atoms with Gasteiger partial charge in [0.25, 0.3) is 0 Å². The number of nitrogens with one attached hydrogen (secondary N) is 1. The molecule has 1 saturated heterocycles. The predicted molar refractivity (Wildman–Crippen MR) is 79.5 cm³/mol. The molecule has 3 atom stereocenters. The molecule has 0 aromatic heterocycles. The van der Waals surface area contributed by atoms with E-state index in [0.29, 0.717) is 12.2 Å². The van der Waals surface area contributed by atoms with E-state index in [-0.39, 0.29) is 12.1 Å². The molecule has 19 heavy (non-hydrogen) atoms. The normalized spacial score (nSPS) is 28.3. The number of ether oxygens (including phenoxy) is 1. The first-order valence-electron chi connectivity index (χ1n) is 7.73. The zero-order chi connectivity index (χ0) is 14.3. The van der Waals surface area contributed by atoms with Crippen molar-refractivity contribution in [3.8, 4) is 0 Å². The quantitative estimate of drug-likeness (QED) is 0.659. The van der Waals surface area contributed by atoms with Crippen LogP contribution >= 0.6 is 0 Å². The molecule has 0 saturated carbocycles. The molecule has 3 unspecified atom stereocenters. The Balaban J connectivity index is 2.19. The number of morpholine rings is 1. The highest BCUT2D eigenvalue weighted by molar-refractivity contribution is 4.82. The number of hydrogen-bond acceptors (Lipinski definition) is 4. The van der Waals surface area contributed by atoms with Crippen LogP contribution < -0.4 is 5.32 Å². The van der Waals surface area contributed by atoms with Crippen LogP contribution in [-0.4, -0.2) is 60.5 Å². The molecule has 114 valence electrons. The van der Waals surface area contributed by atoms with Gasteiger partial charge in [0.1, 0.15) is 0 Å². The topological polar surface area (TPSA) is 44.7 Å². The molecule has 4 heteroatoms. The van der Waals surface area contributed by atoms with Gasteiger partial charge in [-0.1, -0.05) is 13.3 Å². The van der Waals surface area contributed by atoms with Gasteiger partial charge in [0.2, 0.25) is 0 Å². The van der Waals surface area contributed by atoms with Crippen molar-refractivity contribution in [2.75, 3.05) is 32.8 Å². The van der Waals surface area contributed by atoms with Crippen molar-refractivity contribution in [1.82, 2.24) is 10.2 Å². The van der Waals surface area contributed by atoms with Crippen LogP contribution in [0.5, 0.6) is 0 Å². The zero-order valence-electron chi connectivity index (χ0n) is 13.1. The first-order valence-corrected chi connectivity index (χ1v) is 7.73. The van der Waals surface area contributed by atoms with Crippen molar-refractivity contribution < 1.29 is 9.84 Å². The van der Waals surface area contributed by atoms with Crippen molar-refractivity contribution in [1.29, 1.82) is 0 Å². The molecule has 1 rings (SSSR count). The molecule has 2 N–H and O–H groups in total. The maximum atomic E-state index is 9.44. The van der Waals surface area contributed by atoms with Gasteiger partial charge < -0.3 is 15.2 Å². The first kappa shape index (κ1) is 16.9. The van der Waals surface area contributed by atoms with Gasteiger partial charge in [0, 0.05) is 18.6 Å². The number of nitrogens with zero attached hydrogens (tertiary/aromatic N) is 1. The smallest absolute Gasteiger partial charge is 0.0678 e. The van der Waals surface area contributed by atoms with Gasteiger partial charge in [-0.15, -0.1) is 0 Å². The van der Waals surface area contributed by atoms with Crippen LogP contribution in [0, 0.1) is 0 Å². The molecule has 4 nitrogen and oxygen atoms in total. The highest BCUT2D eigenvalue weighted by atomic mass is 16.5. The Bertz CT molecular complexity index is 240. The molecule has 0 amide bonds. The van der Waals surface area contributed by atoms with E-state index < -0.39 is 0 Å². The summed E-state index contributed by atoms with van der Waals surface area (Å²) >= 11 is 0. The lowest BCUT2D eigenvalue weighted by Gasteiger charge is -2.35. The third-order valence-electron chi connectivity index (χ3n) is 3.90. The van der Waals surface area contributed by atoms with E-state index in [1.54, 1.807) is 0 Å². The van der Waals surface area contributed by atoms with Crippen LogP contribution in [0.4, 0.5) is 0 Å². The molecular weight excluding hydrogens is 240 g/mol. The van der Waals surface area contributed by atoms with Gasteiger partial charge in [-0.3, -0.25) is 4.90 Å². The summed E-state index contributed by atoms with van der Waals surface area (Å²) in [6.45, 7) is 12.9. The maximum Gasteiger partial charge on any atom is 0.0678 e. The average Bonchev–Trinajstić information content (AvgIpc) is 2.34. The maximum absolute atomic E-state index is 9.44. The van der Waals surface area contributed by atoms with Crippen LogP contribution in [0.15, 0.2) is 0 Å². The number of aliphatic hydroxyl groups excluding tert-OH is 1. The standard InChI is InChI=1S/C15H32N2O2/c1-5-16-15(4,12-18)8-6-7-9-17-10-13(2)19-14(3)11-17/h13-14,16,18H,5-12H2,1-4H3. The van der Waals surface area contributed by atoms with E-state index in [0.717, 1.165) is 39.0 Å². The predicted octanol–water partition coefficient (Wildman–Crippen LogP) is 1.63. The van der Waals surface area contributed by atoms with Crippen LogP contribution in [0.2, 0.25) is 0 Å². The lowest BCUT2D eigenvalue weighted by molar-refractivity contribution is -0.0682. The highest BCUT2D eigenvalue weighted by Crippen LogP contribution is 2.15. The Morgan fingerprint density at radius 2 is 1.89 bits per heavy atom. The van der Waals surface area contributed by atoms with Crippen molar-refractivity contribution in [2.45, 2.75) is 64.7 Å². The Kier molecular flexibility index (Phi) is 7.29. The molecule has 0 spiro atoms. The fourth-order valence-electron chi connectivity index (χ4n) is 2.97. The summed E-state index contributed by atoms with van der Waals surface area (Å²) in [5.74, 6) is 0. The Labute approximate surface area is 118 Å². The molecule has 0 aromatic carbocycles. The molecule has 0 aliphatic carbocycles.